The number of hydrogen-bond donors (Lipinski definition) is 4. The van der Waals surface area contributed by atoms with Gasteiger partial charge >= 0.3 is 12.2 Å². The van der Waals surface area contributed by atoms with Gasteiger partial charge in [0.15, 0.2) is 0 Å². The normalized spacial score (nSPS) is 12.1. The summed E-state index contributed by atoms with van der Waals surface area (Å²) >= 11 is 0. The molecule has 0 bridgehead atoms. The largest absolute Gasteiger partial charge is 0.445 e. The van der Waals surface area contributed by atoms with Gasteiger partial charge in [0, 0.05) is 25.9 Å². The molecule has 11 nitrogen and oxygen atoms in total. The number of ether oxygens (including phenoxy) is 2. The number of aliphatic hydroxyl groups excluding tert-OH is 1. The lowest BCUT2D eigenvalue weighted by Crippen LogP contribution is -2.46. The first-order chi connectivity index (χ1) is 17.2. The van der Waals surface area contributed by atoms with Crippen molar-refractivity contribution in [3.8, 4) is 0 Å². The molecule has 0 saturated carbocycles. The quantitative estimate of drug-likeness (QED) is 0.367. The standard InChI is InChI=1S/C23H36N4O7.C3H8/c1-15(13-28)12-27(6)22(32)33-14-17-7-9-18(10-8-17)26-20(30)16(2)25-19(29)11-24-21(31)34-23(3,4)5;1-3-2/h7-10,15-16,28H,11-14H2,1-6H3,(H,24,31)(H,25,29)(H,26,30);3H2,1-2H3. The molecule has 37 heavy (non-hydrogen) atoms. The molecule has 210 valence electrons. The van der Waals surface area contributed by atoms with Crippen molar-refractivity contribution in [1.29, 1.82) is 0 Å². The van der Waals surface area contributed by atoms with Crippen molar-refractivity contribution in [3.63, 3.8) is 0 Å². The van der Waals surface area contributed by atoms with E-state index >= 15 is 0 Å². The third kappa shape index (κ3) is 16.1. The van der Waals surface area contributed by atoms with Crippen LogP contribution in [0.4, 0.5) is 15.3 Å². The molecule has 0 aliphatic heterocycles. The fourth-order valence-electron chi connectivity index (χ4n) is 2.61. The van der Waals surface area contributed by atoms with Crippen molar-refractivity contribution in [2.75, 3.05) is 32.1 Å². The molecular weight excluding hydrogens is 480 g/mol. The van der Waals surface area contributed by atoms with E-state index in [1.165, 1.54) is 18.2 Å². The Kier molecular flexibility index (Phi) is 15.6. The van der Waals surface area contributed by atoms with Crippen molar-refractivity contribution >= 4 is 29.7 Å². The second-order valence-electron chi connectivity index (χ2n) is 9.76. The number of aliphatic hydroxyl groups is 1. The molecule has 0 aliphatic rings. The third-order valence-electron chi connectivity index (χ3n) is 4.36. The maximum atomic E-state index is 12.3. The number of carbonyl (C=O) groups excluding carboxylic acids is 4. The summed E-state index contributed by atoms with van der Waals surface area (Å²) in [4.78, 5) is 49.3. The summed E-state index contributed by atoms with van der Waals surface area (Å²) in [7, 11) is 1.60. The van der Waals surface area contributed by atoms with Crippen LogP contribution in [0.3, 0.4) is 0 Å². The number of amides is 4. The van der Waals surface area contributed by atoms with Crippen LogP contribution < -0.4 is 16.0 Å². The van der Waals surface area contributed by atoms with Crippen molar-refractivity contribution in [2.45, 2.75) is 73.1 Å². The number of anilines is 1. The minimum absolute atomic E-state index is 0.0178. The fraction of sp³-hybridized carbons (Fsp3) is 0.615. The van der Waals surface area contributed by atoms with E-state index in [2.05, 4.69) is 29.8 Å². The lowest BCUT2D eigenvalue weighted by molar-refractivity contribution is -0.125. The highest BCUT2D eigenvalue weighted by atomic mass is 16.6. The Morgan fingerprint density at radius 2 is 1.62 bits per heavy atom. The van der Waals surface area contributed by atoms with Gasteiger partial charge in [0.05, 0.1) is 0 Å². The Labute approximate surface area is 220 Å². The number of nitrogens with one attached hydrogen (secondary N) is 3. The van der Waals surface area contributed by atoms with E-state index in [1.807, 2.05) is 6.92 Å². The average Bonchev–Trinajstić information content (AvgIpc) is 2.81. The SMILES string of the molecule is CC(CO)CN(C)C(=O)OCc1ccc(NC(=O)C(C)NC(=O)CNC(=O)OC(C)(C)C)cc1.CCC. The Morgan fingerprint density at radius 1 is 1.05 bits per heavy atom. The highest BCUT2D eigenvalue weighted by molar-refractivity contribution is 5.97. The van der Waals surface area contributed by atoms with Crippen LogP contribution in [0.25, 0.3) is 0 Å². The lowest BCUT2D eigenvalue weighted by Gasteiger charge is -2.20. The molecule has 0 heterocycles. The molecule has 1 aromatic carbocycles. The number of alkyl carbamates (subject to hydrolysis) is 1. The van der Waals surface area contributed by atoms with Crippen LogP contribution in [0, 0.1) is 5.92 Å². The van der Waals surface area contributed by atoms with Gasteiger partial charge in [-0.3, -0.25) is 9.59 Å². The van der Waals surface area contributed by atoms with Gasteiger partial charge in [0.1, 0.15) is 24.8 Å². The number of benzene rings is 1. The molecule has 11 heteroatoms. The smallest absolute Gasteiger partial charge is 0.409 e. The van der Waals surface area contributed by atoms with Crippen LogP contribution in [0.1, 0.15) is 60.5 Å². The van der Waals surface area contributed by atoms with E-state index in [0.29, 0.717) is 12.2 Å². The van der Waals surface area contributed by atoms with Crippen LogP contribution in [-0.2, 0) is 25.7 Å². The summed E-state index contributed by atoms with van der Waals surface area (Å²) in [5, 5.41) is 16.6. The minimum atomic E-state index is -0.842. The van der Waals surface area contributed by atoms with E-state index in [4.69, 9.17) is 14.6 Å². The van der Waals surface area contributed by atoms with Gasteiger partial charge in [-0.2, -0.15) is 0 Å². The molecule has 0 saturated heterocycles. The monoisotopic (exact) mass is 524 g/mol. The molecule has 0 aliphatic carbocycles. The predicted molar refractivity (Wildman–Crippen MR) is 142 cm³/mol. The van der Waals surface area contributed by atoms with E-state index in [1.54, 1.807) is 52.1 Å². The zero-order valence-electron chi connectivity index (χ0n) is 23.3. The molecule has 0 spiro atoms. The molecule has 4 N–H and O–H groups in total. The van der Waals surface area contributed by atoms with Gasteiger partial charge in [-0.25, -0.2) is 9.59 Å². The first kappa shape index (κ1) is 33.7. The van der Waals surface area contributed by atoms with Crippen molar-refractivity contribution in [3.05, 3.63) is 29.8 Å². The fourth-order valence-corrected chi connectivity index (χ4v) is 2.61. The molecule has 4 amide bonds. The maximum absolute atomic E-state index is 12.3. The molecule has 2 atom stereocenters. The van der Waals surface area contributed by atoms with E-state index in [-0.39, 0.29) is 25.7 Å². The van der Waals surface area contributed by atoms with E-state index in [0.717, 1.165) is 5.56 Å². The molecule has 2 unspecified atom stereocenters. The summed E-state index contributed by atoms with van der Waals surface area (Å²) in [6.45, 7) is 12.8. The first-order valence-corrected chi connectivity index (χ1v) is 12.4. The number of hydrogen-bond acceptors (Lipinski definition) is 7. The molecule has 1 rings (SSSR count). The highest BCUT2D eigenvalue weighted by Gasteiger charge is 2.19. The number of rotatable bonds is 10. The van der Waals surface area contributed by atoms with Crippen molar-refractivity contribution in [2.24, 2.45) is 5.92 Å². The van der Waals surface area contributed by atoms with Gasteiger partial charge in [-0.05, 0) is 51.3 Å². The van der Waals surface area contributed by atoms with Crippen LogP contribution in [0.15, 0.2) is 24.3 Å². The zero-order valence-corrected chi connectivity index (χ0v) is 23.3. The second kappa shape index (κ2) is 17.2. The van der Waals surface area contributed by atoms with E-state index < -0.39 is 35.6 Å². The van der Waals surface area contributed by atoms with Gasteiger partial charge < -0.3 is 35.4 Å². The zero-order chi connectivity index (χ0) is 28.6. The van der Waals surface area contributed by atoms with Crippen LogP contribution in [0.2, 0.25) is 0 Å². The number of nitrogens with zero attached hydrogens (tertiary/aromatic N) is 1. The number of carbonyl (C=O) groups is 4. The molecule has 0 fully saturated rings. The molecule has 0 aromatic heterocycles. The summed E-state index contributed by atoms with van der Waals surface area (Å²) in [6.07, 6.45) is 0.0280. The van der Waals surface area contributed by atoms with Gasteiger partial charge in [-0.15, -0.1) is 0 Å². The third-order valence-corrected chi connectivity index (χ3v) is 4.36. The summed E-state index contributed by atoms with van der Waals surface area (Å²) in [6, 6.07) is 5.86. The summed E-state index contributed by atoms with van der Waals surface area (Å²) in [5.41, 5.74) is 0.548. The molecular formula is C26H44N4O7. The second-order valence-corrected chi connectivity index (χ2v) is 9.76. The summed E-state index contributed by atoms with van der Waals surface area (Å²) in [5.74, 6) is -1.03. The Bertz CT molecular complexity index is 853. The van der Waals surface area contributed by atoms with Gasteiger partial charge in [-0.1, -0.05) is 39.3 Å². The highest BCUT2D eigenvalue weighted by Crippen LogP contribution is 2.12. The first-order valence-electron chi connectivity index (χ1n) is 12.4. The van der Waals surface area contributed by atoms with E-state index in [9.17, 15) is 19.2 Å². The maximum Gasteiger partial charge on any atom is 0.409 e. The van der Waals surface area contributed by atoms with Crippen LogP contribution in [-0.4, -0.2) is 72.4 Å². The minimum Gasteiger partial charge on any atom is -0.445 e. The lowest BCUT2D eigenvalue weighted by atomic mass is 10.2. The Morgan fingerprint density at radius 3 is 2.14 bits per heavy atom. The van der Waals surface area contributed by atoms with Gasteiger partial charge in [0.25, 0.3) is 0 Å². The van der Waals surface area contributed by atoms with Gasteiger partial charge in [0.2, 0.25) is 11.8 Å². The molecule has 1 aromatic rings. The average molecular weight is 525 g/mol. The Balaban J connectivity index is 0.00000410. The summed E-state index contributed by atoms with van der Waals surface area (Å²) < 4.78 is 10.3. The molecule has 0 radical (unpaired) electrons. The van der Waals surface area contributed by atoms with Crippen LogP contribution in [0.5, 0.6) is 0 Å². The topological polar surface area (TPSA) is 146 Å². The van der Waals surface area contributed by atoms with Crippen molar-refractivity contribution in [1.82, 2.24) is 15.5 Å². The Hall–Kier alpha value is -3.34. The predicted octanol–water partition coefficient (Wildman–Crippen LogP) is 3.27. The van der Waals surface area contributed by atoms with Crippen molar-refractivity contribution < 1.29 is 33.8 Å². The van der Waals surface area contributed by atoms with Crippen LogP contribution >= 0.6 is 0 Å².